The first-order valence-electron chi connectivity index (χ1n) is 4.82. The molecule has 0 spiro atoms. The van der Waals surface area contributed by atoms with E-state index >= 15 is 0 Å². The topological polar surface area (TPSA) is 29.5 Å². The summed E-state index contributed by atoms with van der Waals surface area (Å²) in [4.78, 5) is 0.849. The summed E-state index contributed by atoms with van der Waals surface area (Å²) >= 11 is 7.22. The van der Waals surface area contributed by atoms with Gasteiger partial charge in [0.2, 0.25) is 0 Å². The minimum atomic E-state index is -0.618. The highest BCUT2D eigenvalue weighted by molar-refractivity contribution is 7.16. The summed E-state index contributed by atoms with van der Waals surface area (Å²) in [5.41, 5.74) is -0.107. The van der Waals surface area contributed by atoms with Crippen molar-refractivity contribution >= 4 is 22.9 Å². The van der Waals surface area contributed by atoms with Crippen LogP contribution in [0.3, 0.4) is 0 Å². The average Bonchev–Trinajstić information content (AvgIpc) is 2.50. The molecule has 0 aliphatic heterocycles. The number of aliphatic hydroxyl groups is 1. The van der Waals surface area contributed by atoms with Gasteiger partial charge in [-0.25, -0.2) is 0 Å². The molecule has 1 N–H and O–H groups in total. The molecule has 1 heterocycles. The number of hydrogen-bond acceptors (Lipinski definition) is 3. The Morgan fingerprint density at radius 2 is 2.00 bits per heavy atom. The van der Waals surface area contributed by atoms with Crippen LogP contribution < -0.4 is 0 Å². The highest BCUT2D eigenvalue weighted by Gasteiger charge is 2.32. The minimum Gasteiger partial charge on any atom is -0.385 e. The van der Waals surface area contributed by atoms with E-state index < -0.39 is 6.10 Å². The fraction of sp³-hybridized carbons (Fsp3) is 0.636. The molecule has 2 nitrogen and oxygen atoms in total. The molecule has 1 rings (SSSR count). The van der Waals surface area contributed by atoms with Gasteiger partial charge in [0.25, 0.3) is 0 Å². The van der Waals surface area contributed by atoms with Crippen molar-refractivity contribution in [2.75, 3.05) is 7.11 Å². The van der Waals surface area contributed by atoms with Crippen molar-refractivity contribution in [1.82, 2.24) is 0 Å². The molecule has 0 bridgehead atoms. The predicted molar refractivity (Wildman–Crippen MR) is 64.5 cm³/mol. The molecule has 4 heteroatoms. The van der Waals surface area contributed by atoms with Crippen LogP contribution in [0.2, 0.25) is 4.34 Å². The maximum absolute atomic E-state index is 10.2. The van der Waals surface area contributed by atoms with Gasteiger partial charge in [0.1, 0.15) is 6.10 Å². The van der Waals surface area contributed by atoms with Gasteiger partial charge in [-0.1, -0.05) is 32.4 Å². The first-order chi connectivity index (χ1) is 6.86. The molecule has 0 aromatic carbocycles. The molecule has 0 saturated heterocycles. The van der Waals surface area contributed by atoms with E-state index in [-0.39, 0.29) is 11.5 Å². The van der Waals surface area contributed by atoms with Gasteiger partial charge < -0.3 is 9.84 Å². The zero-order valence-corrected chi connectivity index (χ0v) is 11.0. The SMILES string of the molecule is COC(C(O)c1ccc(Cl)s1)C(C)(C)C. The van der Waals surface area contributed by atoms with Crippen LogP contribution in [0.25, 0.3) is 0 Å². The molecule has 2 atom stereocenters. The Morgan fingerprint density at radius 3 is 2.33 bits per heavy atom. The lowest BCUT2D eigenvalue weighted by Crippen LogP contribution is -2.34. The lowest BCUT2D eigenvalue weighted by molar-refractivity contribution is -0.0710. The van der Waals surface area contributed by atoms with E-state index in [0.29, 0.717) is 4.34 Å². The molecule has 1 aromatic heterocycles. The lowest BCUT2D eigenvalue weighted by Gasteiger charge is -2.32. The smallest absolute Gasteiger partial charge is 0.115 e. The van der Waals surface area contributed by atoms with E-state index in [9.17, 15) is 5.11 Å². The number of methoxy groups -OCH3 is 1. The maximum Gasteiger partial charge on any atom is 0.115 e. The van der Waals surface area contributed by atoms with E-state index in [1.54, 1.807) is 13.2 Å². The molecular formula is C11H17ClO2S. The van der Waals surface area contributed by atoms with Crippen molar-refractivity contribution in [3.8, 4) is 0 Å². The maximum atomic E-state index is 10.2. The Kier molecular flexibility index (Phi) is 4.18. The van der Waals surface area contributed by atoms with Gasteiger partial charge in [-0.15, -0.1) is 11.3 Å². The van der Waals surface area contributed by atoms with Crippen molar-refractivity contribution < 1.29 is 9.84 Å². The van der Waals surface area contributed by atoms with E-state index in [2.05, 4.69) is 0 Å². The number of ether oxygens (including phenoxy) is 1. The van der Waals surface area contributed by atoms with Crippen LogP contribution in [0.1, 0.15) is 31.8 Å². The molecule has 0 saturated carbocycles. The first-order valence-corrected chi connectivity index (χ1v) is 6.02. The van der Waals surface area contributed by atoms with Gasteiger partial charge in [-0.3, -0.25) is 0 Å². The summed E-state index contributed by atoms with van der Waals surface area (Å²) in [7, 11) is 1.62. The fourth-order valence-corrected chi connectivity index (χ4v) is 2.66. The van der Waals surface area contributed by atoms with Crippen LogP contribution in [0.4, 0.5) is 0 Å². The van der Waals surface area contributed by atoms with E-state index in [1.165, 1.54) is 11.3 Å². The molecule has 1 aromatic rings. The zero-order chi connectivity index (χ0) is 11.6. The second-order valence-electron chi connectivity index (χ2n) is 4.61. The highest BCUT2D eigenvalue weighted by atomic mass is 35.5. The normalized spacial score (nSPS) is 16.4. The standard InChI is InChI=1S/C11H17ClO2S/c1-11(2,3)10(14-4)9(13)7-5-6-8(12)15-7/h5-6,9-10,13H,1-4H3. The summed E-state index contributed by atoms with van der Waals surface area (Å²) in [5.74, 6) is 0. The van der Waals surface area contributed by atoms with E-state index in [1.807, 2.05) is 26.8 Å². The van der Waals surface area contributed by atoms with E-state index in [0.717, 1.165) is 4.88 Å². The minimum absolute atomic E-state index is 0.107. The molecule has 0 radical (unpaired) electrons. The van der Waals surface area contributed by atoms with E-state index in [4.69, 9.17) is 16.3 Å². The molecule has 86 valence electrons. The van der Waals surface area contributed by atoms with Crippen molar-refractivity contribution in [2.45, 2.75) is 33.0 Å². The van der Waals surface area contributed by atoms with Gasteiger partial charge >= 0.3 is 0 Å². The van der Waals surface area contributed by atoms with Crippen molar-refractivity contribution in [3.05, 3.63) is 21.3 Å². The van der Waals surface area contributed by atoms with Crippen molar-refractivity contribution in [3.63, 3.8) is 0 Å². The first kappa shape index (κ1) is 13.0. The number of rotatable bonds is 3. The third-order valence-electron chi connectivity index (χ3n) is 2.28. The second kappa shape index (κ2) is 4.83. The summed E-state index contributed by atoms with van der Waals surface area (Å²) < 4.78 is 6.04. The zero-order valence-electron chi connectivity index (χ0n) is 9.45. The summed E-state index contributed by atoms with van der Waals surface area (Å²) in [5, 5.41) is 10.2. The number of thiophene rings is 1. The molecule has 0 aliphatic carbocycles. The van der Waals surface area contributed by atoms with Gasteiger partial charge in [0.15, 0.2) is 0 Å². The Morgan fingerprint density at radius 1 is 1.40 bits per heavy atom. The highest BCUT2D eigenvalue weighted by Crippen LogP contribution is 2.36. The molecule has 15 heavy (non-hydrogen) atoms. The quantitative estimate of drug-likeness (QED) is 0.887. The van der Waals surface area contributed by atoms with Crippen molar-refractivity contribution in [2.24, 2.45) is 5.41 Å². The van der Waals surface area contributed by atoms with Crippen LogP contribution in [0.15, 0.2) is 12.1 Å². The van der Waals surface area contributed by atoms with Crippen LogP contribution in [0, 0.1) is 5.41 Å². The van der Waals surface area contributed by atoms with Gasteiger partial charge in [0, 0.05) is 12.0 Å². The van der Waals surface area contributed by atoms with Gasteiger partial charge in [-0.05, 0) is 17.5 Å². The van der Waals surface area contributed by atoms with Crippen LogP contribution in [-0.4, -0.2) is 18.3 Å². The van der Waals surface area contributed by atoms with Crippen LogP contribution in [-0.2, 0) is 4.74 Å². The predicted octanol–water partition coefficient (Wildman–Crippen LogP) is 3.50. The van der Waals surface area contributed by atoms with Crippen molar-refractivity contribution in [1.29, 1.82) is 0 Å². The summed E-state index contributed by atoms with van der Waals surface area (Å²) in [6.07, 6.45) is -0.847. The van der Waals surface area contributed by atoms with Gasteiger partial charge in [0.05, 0.1) is 10.4 Å². The Hall–Kier alpha value is -0.0900. The second-order valence-corrected chi connectivity index (χ2v) is 6.36. The molecule has 0 aliphatic rings. The third-order valence-corrected chi connectivity index (χ3v) is 3.58. The Bertz CT molecular complexity index is 317. The molecule has 2 unspecified atom stereocenters. The fourth-order valence-electron chi connectivity index (χ4n) is 1.59. The Labute approximate surface area is 99.8 Å². The molecular weight excluding hydrogens is 232 g/mol. The average molecular weight is 249 g/mol. The number of halogens is 1. The summed E-state index contributed by atoms with van der Waals surface area (Å²) in [6.45, 7) is 6.12. The van der Waals surface area contributed by atoms with Gasteiger partial charge in [-0.2, -0.15) is 0 Å². The molecule has 0 amide bonds. The molecule has 0 fully saturated rings. The third kappa shape index (κ3) is 3.18. The largest absolute Gasteiger partial charge is 0.385 e. The number of aliphatic hydroxyl groups excluding tert-OH is 1. The number of hydrogen-bond donors (Lipinski definition) is 1. The monoisotopic (exact) mass is 248 g/mol. The Balaban J connectivity index is 2.87. The van der Waals surface area contributed by atoms with Crippen LogP contribution in [0.5, 0.6) is 0 Å². The summed E-state index contributed by atoms with van der Waals surface area (Å²) in [6, 6.07) is 3.63. The lowest BCUT2D eigenvalue weighted by atomic mass is 9.85. The van der Waals surface area contributed by atoms with Crippen LogP contribution >= 0.6 is 22.9 Å².